The Morgan fingerprint density at radius 2 is 1.85 bits per heavy atom. The first-order valence-electron chi connectivity index (χ1n) is 9.84. The molecule has 154 valence electrons. The van der Waals surface area contributed by atoms with Crippen molar-refractivity contribution in [3.05, 3.63) is 33.9 Å². The molecule has 1 aromatic carbocycles. The normalized spacial score (nSPS) is 12.2. The lowest BCUT2D eigenvalue weighted by atomic mass is 10.1. The molecule has 0 atom stereocenters. The Kier molecular flexibility index (Phi) is 9.42. The Balaban J connectivity index is 2.61. The van der Waals surface area contributed by atoms with Gasteiger partial charge in [0.2, 0.25) is 0 Å². The molecule has 6 nitrogen and oxygen atoms in total. The maximum absolute atomic E-state index is 11.4. The van der Waals surface area contributed by atoms with Crippen LogP contribution in [0, 0.1) is 10.1 Å². The average molecular weight is 397 g/mol. The molecule has 1 aromatic rings. The molecule has 0 saturated heterocycles. The van der Waals surface area contributed by atoms with E-state index in [1.165, 1.54) is 0 Å². The van der Waals surface area contributed by atoms with Gasteiger partial charge in [-0.3, -0.25) is 10.1 Å². The van der Waals surface area contributed by atoms with E-state index in [-0.39, 0.29) is 22.3 Å². The summed E-state index contributed by atoms with van der Waals surface area (Å²) in [6, 6.07) is 5.40. The van der Waals surface area contributed by atoms with E-state index < -0.39 is 8.32 Å². The van der Waals surface area contributed by atoms with Crippen molar-refractivity contribution >= 4 is 19.7 Å². The number of aliphatic hydroxyl groups is 1. The molecule has 0 aliphatic rings. The number of nitro benzene ring substituents is 1. The molecule has 0 aromatic heterocycles. The standard InChI is InChI=1S/C20H36N2O4Si/c1-20(2,3)27(4,5)26-15-12-17-10-11-18(19(16-17)22(24)25)21-13-8-6-7-9-14-23/h10-11,16,21,23H,6-9,12-15H2,1-5H3. The van der Waals surface area contributed by atoms with Crippen LogP contribution in [0.15, 0.2) is 18.2 Å². The fraction of sp³-hybridized carbons (Fsp3) is 0.700. The van der Waals surface area contributed by atoms with Gasteiger partial charge in [0.05, 0.1) is 4.92 Å². The monoisotopic (exact) mass is 396 g/mol. The predicted octanol–water partition coefficient (Wildman–Crippen LogP) is 5.12. The molecule has 0 heterocycles. The van der Waals surface area contributed by atoms with Crippen molar-refractivity contribution in [3.63, 3.8) is 0 Å². The van der Waals surface area contributed by atoms with Crippen LogP contribution in [0.1, 0.15) is 52.0 Å². The van der Waals surface area contributed by atoms with Gasteiger partial charge in [-0.1, -0.05) is 39.7 Å². The third-order valence-corrected chi connectivity index (χ3v) is 9.86. The lowest BCUT2D eigenvalue weighted by Crippen LogP contribution is -2.41. The lowest BCUT2D eigenvalue weighted by molar-refractivity contribution is -0.384. The average Bonchev–Trinajstić information content (AvgIpc) is 2.57. The third kappa shape index (κ3) is 7.99. The summed E-state index contributed by atoms with van der Waals surface area (Å²) in [5, 5.41) is 23.5. The molecule has 0 bridgehead atoms. The SMILES string of the molecule is CC(C)(C)[Si](C)(C)OCCc1ccc(NCCCCCCO)c([N+](=O)[O-])c1. The first-order chi connectivity index (χ1) is 12.6. The van der Waals surface area contributed by atoms with Gasteiger partial charge in [-0.15, -0.1) is 0 Å². The first kappa shape index (κ1) is 23.6. The maximum atomic E-state index is 11.4. The molecule has 7 heteroatoms. The summed E-state index contributed by atoms with van der Waals surface area (Å²) in [6.45, 7) is 12.5. The highest BCUT2D eigenvalue weighted by Gasteiger charge is 2.36. The van der Waals surface area contributed by atoms with Crippen LogP contribution in [0.25, 0.3) is 0 Å². The largest absolute Gasteiger partial charge is 0.416 e. The predicted molar refractivity (Wildman–Crippen MR) is 114 cm³/mol. The Hall–Kier alpha value is -1.44. The zero-order chi connectivity index (χ0) is 20.5. The van der Waals surface area contributed by atoms with Crippen LogP contribution in [0.3, 0.4) is 0 Å². The van der Waals surface area contributed by atoms with Gasteiger partial charge in [-0.25, -0.2) is 0 Å². The van der Waals surface area contributed by atoms with Crippen LogP contribution in [0.4, 0.5) is 11.4 Å². The Bertz CT molecular complexity index is 600. The number of nitrogens with one attached hydrogen (secondary N) is 1. The molecular formula is C20H36N2O4Si. The van der Waals surface area contributed by atoms with Crippen LogP contribution in [0.5, 0.6) is 0 Å². The first-order valence-corrected chi connectivity index (χ1v) is 12.8. The summed E-state index contributed by atoms with van der Waals surface area (Å²) in [4.78, 5) is 11.1. The number of aliphatic hydroxyl groups excluding tert-OH is 1. The highest BCUT2D eigenvalue weighted by atomic mass is 28.4. The summed E-state index contributed by atoms with van der Waals surface area (Å²) in [7, 11) is -1.80. The fourth-order valence-electron chi connectivity index (χ4n) is 2.49. The highest BCUT2D eigenvalue weighted by Crippen LogP contribution is 2.36. The molecule has 2 N–H and O–H groups in total. The number of nitrogens with zero attached hydrogens (tertiary/aromatic N) is 1. The minimum atomic E-state index is -1.80. The molecular weight excluding hydrogens is 360 g/mol. The minimum absolute atomic E-state index is 0.121. The third-order valence-electron chi connectivity index (χ3n) is 5.32. The Morgan fingerprint density at radius 1 is 1.19 bits per heavy atom. The van der Waals surface area contributed by atoms with Gasteiger partial charge in [0.1, 0.15) is 5.69 Å². The van der Waals surface area contributed by atoms with Crippen molar-refractivity contribution in [2.75, 3.05) is 25.1 Å². The van der Waals surface area contributed by atoms with Crippen LogP contribution in [-0.2, 0) is 10.8 Å². The van der Waals surface area contributed by atoms with E-state index in [0.29, 0.717) is 25.3 Å². The van der Waals surface area contributed by atoms with Gasteiger partial charge in [0.25, 0.3) is 5.69 Å². The quantitative estimate of drug-likeness (QED) is 0.222. The van der Waals surface area contributed by atoms with Gasteiger partial charge >= 0.3 is 0 Å². The second kappa shape index (κ2) is 10.8. The number of unbranched alkanes of at least 4 members (excludes halogenated alkanes) is 3. The van der Waals surface area contributed by atoms with Crippen LogP contribution < -0.4 is 5.32 Å². The lowest BCUT2D eigenvalue weighted by Gasteiger charge is -2.36. The van der Waals surface area contributed by atoms with Crippen LogP contribution in [-0.4, -0.2) is 38.1 Å². The van der Waals surface area contributed by atoms with E-state index in [4.69, 9.17) is 9.53 Å². The van der Waals surface area contributed by atoms with E-state index in [0.717, 1.165) is 31.2 Å². The second-order valence-corrected chi connectivity index (χ2v) is 13.3. The van der Waals surface area contributed by atoms with Crippen molar-refractivity contribution in [2.24, 2.45) is 0 Å². The second-order valence-electron chi connectivity index (χ2n) is 8.53. The number of nitro groups is 1. The minimum Gasteiger partial charge on any atom is -0.416 e. The zero-order valence-corrected chi connectivity index (χ0v) is 18.5. The summed E-state index contributed by atoms with van der Waals surface area (Å²) < 4.78 is 6.18. The summed E-state index contributed by atoms with van der Waals surface area (Å²) in [5.41, 5.74) is 1.61. The van der Waals surface area contributed by atoms with Crippen molar-refractivity contribution in [3.8, 4) is 0 Å². The topological polar surface area (TPSA) is 84.6 Å². The summed E-state index contributed by atoms with van der Waals surface area (Å²) in [5.74, 6) is 0. The van der Waals surface area contributed by atoms with Crippen LogP contribution in [0.2, 0.25) is 18.1 Å². The van der Waals surface area contributed by atoms with E-state index in [1.807, 2.05) is 6.07 Å². The molecule has 0 unspecified atom stereocenters. The van der Waals surface area contributed by atoms with Crippen molar-refractivity contribution in [1.29, 1.82) is 0 Å². The van der Waals surface area contributed by atoms with Gasteiger partial charge in [0, 0.05) is 25.8 Å². The van der Waals surface area contributed by atoms with Crippen LogP contribution >= 0.6 is 0 Å². The summed E-state index contributed by atoms with van der Waals surface area (Å²) in [6.07, 6.45) is 4.40. The van der Waals surface area contributed by atoms with E-state index >= 15 is 0 Å². The molecule has 0 fully saturated rings. The molecule has 1 rings (SSSR count). The van der Waals surface area contributed by atoms with E-state index in [1.54, 1.807) is 12.1 Å². The summed E-state index contributed by atoms with van der Waals surface area (Å²) >= 11 is 0. The van der Waals surface area contributed by atoms with Gasteiger partial charge in [-0.05, 0) is 49.0 Å². The molecule has 0 aliphatic heterocycles. The Morgan fingerprint density at radius 3 is 2.44 bits per heavy atom. The molecule has 0 radical (unpaired) electrons. The number of hydrogen-bond donors (Lipinski definition) is 2. The number of rotatable bonds is 12. The fourth-order valence-corrected chi connectivity index (χ4v) is 3.53. The van der Waals surface area contributed by atoms with Crippen molar-refractivity contribution in [2.45, 2.75) is 71.0 Å². The Labute approximate surface area is 164 Å². The van der Waals surface area contributed by atoms with Crippen molar-refractivity contribution < 1.29 is 14.5 Å². The number of anilines is 1. The maximum Gasteiger partial charge on any atom is 0.292 e. The molecule has 0 amide bonds. The van der Waals surface area contributed by atoms with Gasteiger partial charge in [0.15, 0.2) is 8.32 Å². The molecule has 0 saturated carbocycles. The van der Waals surface area contributed by atoms with Gasteiger partial charge in [-0.2, -0.15) is 0 Å². The number of hydrogen-bond acceptors (Lipinski definition) is 5. The molecule has 27 heavy (non-hydrogen) atoms. The zero-order valence-electron chi connectivity index (χ0n) is 17.5. The molecule has 0 spiro atoms. The molecule has 0 aliphatic carbocycles. The van der Waals surface area contributed by atoms with Gasteiger partial charge < -0.3 is 14.8 Å². The van der Waals surface area contributed by atoms with E-state index in [2.05, 4.69) is 39.2 Å². The number of benzene rings is 1. The van der Waals surface area contributed by atoms with Crippen molar-refractivity contribution in [1.82, 2.24) is 0 Å². The highest BCUT2D eigenvalue weighted by molar-refractivity contribution is 6.74. The van der Waals surface area contributed by atoms with E-state index in [9.17, 15) is 10.1 Å². The smallest absolute Gasteiger partial charge is 0.292 e.